The third-order valence-electron chi connectivity index (χ3n) is 3.56. The van der Waals surface area contributed by atoms with Gasteiger partial charge in [0, 0.05) is 20.0 Å². The first-order chi connectivity index (χ1) is 9.85. The van der Waals surface area contributed by atoms with Gasteiger partial charge in [0.05, 0.1) is 13.0 Å². The molecule has 1 aromatic rings. The number of nitrogens with zero attached hydrogens (tertiary/aromatic N) is 1. The quantitative estimate of drug-likeness (QED) is 0.838. The Balaban J connectivity index is 2.58. The summed E-state index contributed by atoms with van der Waals surface area (Å²) in [6.45, 7) is 3.80. The zero-order valence-corrected chi connectivity index (χ0v) is 13.0. The summed E-state index contributed by atoms with van der Waals surface area (Å²) >= 11 is 0. The molecule has 21 heavy (non-hydrogen) atoms. The van der Waals surface area contributed by atoms with Crippen molar-refractivity contribution in [1.29, 1.82) is 0 Å². The molecule has 2 unspecified atom stereocenters. The van der Waals surface area contributed by atoms with E-state index in [9.17, 15) is 9.59 Å². The molecule has 5 nitrogen and oxygen atoms in total. The van der Waals surface area contributed by atoms with Crippen LogP contribution in [0.4, 0.5) is 0 Å². The number of ether oxygens (including phenoxy) is 1. The van der Waals surface area contributed by atoms with Crippen LogP contribution in [0.2, 0.25) is 0 Å². The van der Waals surface area contributed by atoms with Crippen molar-refractivity contribution < 1.29 is 19.4 Å². The minimum atomic E-state index is -0.891. The molecule has 0 aliphatic rings. The number of rotatable bonds is 7. The molecule has 0 saturated carbocycles. The highest BCUT2D eigenvalue weighted by molar-refractivity contribution is 5.78. The molecule has 5 heteroatoms. The predicted molar refractivity (Wildman–Crippen MR) is 80.5 cm³/mol. The first-order valence-corrected chi connectivity index (χ1v) is 6.95. The zero-order valence-electron chi connectivity index (χ0n) is 13.0. The van der Waals surface area contributed by atoms with E-state index < -0.39 is 11.9 Å². The largest absolute Gasteiger partial charge is 0.497 e. The van der Waals surface area contributed by atoms with E-state index >= 15 is 0 Å². The minimum absolute atomic E-state index is 0.0496. The van der Waals surface area contributed by atoms with Crippen LogP contribution in [0.1, 0.15) is 31.7 Å². The summed E-state index contributed by atoms with van der Waals surface area (Å²) in [7, 11) is 3.25. The average molecular weight is 293 g/mol. The molecule has 116 valence electrons. The number of amides is 1. The van der Waals surface area contributed by atoms with Crippen LogP contribution in [-0.2, 0) is 9.59 Å². The van der Waals surface area contributed by atoms with Crippen molar-refractivity contribution >= 4 is 11.9 Å². The lowest BCUT2D eigenvalue weighted by molar-refractivity contribution is -0.142. The molecular formula is C16H23NO4. The third kappa shape index (κ3) is 5.10. The molecule has 0 saturated heterocycles. The van der Waals surface area contributed by atoms with E-state index in [-0.39, 0.29) is 18.4 Å². The number of aliphatic carboxylic acids is 1. The molecule has 2 atom stereocenters. The summed E-state index contributed by atoms with van der Waals surface area (Å²) in [6.07, 6.45) is 0.356. The van der Waals surface area contributed by atoms with Crippen molar-refractivity contribution in [2.45, 2.75) is 26.2 Å². The molecule has 0 radical (unpaired) electrons. The second kappa shape index (κ2) is 7.67. The summed E-state index contributed by atoms with van der Waals surface area (Å²) in [5.41, 5.74) is 1.06. The summed E-state index contributed by atoms with van der Waals surface area (Å²) in [4.78, 5) is 24.4. The maximum Gasteiger partial charge on any atom is 0.308 e. The number of benzene rings is 1. The molecule has 0 spiro atoms. The highest BCUT2D eigenvalue weighted by Crippen LogP contribution is 2.22. The number of hydrogen-bond acceptors (Lipinski definition) is 3. The Morgan fingerprint density at radius 1 is 1.24 bits per heavy atom. The van der Waals surface area contributed by atoms with Gasteiger partial charge in [-0.25, -0.2) is 0 Å². The van der Waals surface area contributed by atoms with Crippen LogP contribution in [0.3, 0.4) is 0 Å². The van der Waals surface area contributed by atoms with Gasteiger partial charge < -0.3 is 14.7 Å². The molecule has 1 rings (SSSR count). The molecule has 1 N–H and O–H groups in total. The van der Waals surface area contributed by atoms with Gasteiger partial charge in [0.25, 0.3) is 0 Å². The van der Waals surface area contributed by atoms with E-state index in [0.29, 0.717) is 6.42 Å². The summed E-state index contributed by atoms with van der Waals surface area (Å²) < 4.78 is 5.10. The lowest BCUT2D eigenvalue weighted by Gasteiger charge is -2.21. The number of methoxy groups -OCH3 is 1. The second-order valence-electron chi connectivity index (χ2n) is 5.39. The summed E-state index contributed by atoms with van der Waals surface area (Å²) in [6, 6.07) is 7.62. The lowest BCUT2D eigenvalue weighted by Crippen LogP contribution is -2.34. The van der Waals surface area contributed by atoms with Crippen molar-refractivity contribution in [3.05, 3.63) is 29.8 Å². The molecule has 1 amide bonds. The molecule has 0 aliphatic heterocycles. The first kappa shape index (κ1) is 17.0. The van der Waals surface area contributed by atoms with Gasteiger partial charge in [0.1, 0.15) is 5.75 Å². The van der Waals surface area contributed by atoms with E-state index in [0.717, 1.165) is 11.3 Å². The maximum atomic E-state index is 12.1. The number of carbonyl (C=O) groups excluding carboxylic acids is 1. The Kier molecular flexibility index (Phi) is 6.21. The van der Waals surface area contributed by atoms with Crippen molar-refractivity contribution in [2.24, 2.45) is 5.92 Å². The van der Waals surface area contributed by atoms with E-state index in [1.165, 1.54) is 4.90 Å². The van der Waals surface area contributed by atoms with Gasteiger partial charge in [0.15, 0.2) is 0 Å². The van der Waals surface area contributed by atoms with Gasteiger partial charge in [-0.2, -0.15) is 0 Å². The van der Waals surface area contributed by atoms with Crippen LogP contribution in [0.25, 0.3) is 0 Å². The van der Waals surface area contributed by atoms with Gasteiger partial charge >= 0.3 is 5.97 Å². The zero-order chi connectivity index (χ0) is 16.0. The Labute approximate surface area is 125 Å². The summed E-state index contributed by atoms with van der Waals surface area (Å²) in [5, 5.41) is 8.87. The second-order valence-corrected chi connectivity index (χ2v) is 5.39. The number of hydrogen-bond donors (Lipinski definition) is 1. The molecule has 1 aromatic carbocycles. The van der Waals surface area contributed by atoms with Gasteiger partial charge in [0.2, 0.25) is 5.91 Å². The molecule has 0 heterocycles. The Morgan fingerprint density at radius 2 is 1.81 bits per heavy atom. The van der Waals surface area contributed by atoms with Crippen molar-refractivity contribution in [1.82, 2.24) is 4.90 Å². The highest BCUT2D eigenvalue weighted by atomic mass is 16.5. The van der Waals surface area contributed by atoms with Gasteiger partial charge in [-0.1, -0.05) is 26.0 Å². The Bertz CT molecular complexity index is 484. The molecule has 0 aromatic heterocycles. The molecule has 0 bridgehead atoms. The Morgan fingerprint density at radius 3 is 2.29 bits per heavy atom. The van der Waals surface area contributed by atoms with Crippen LogP contribution < -0.4 is 4.74 Å². The first-order valence-electron chi connectivity index (χ1n) is 6.95. The smallest absolute Gasteiger partial charge is 0.308 e. The SMILES string of the molecule is COc1ccc(C(C)CC(=O)N(C)CC(C)C(=O)O)cc1. The maximum absolute atomic E-state index is 12.1. The monoisotopic (exact) mass is 293 g/mol. The number of carboxylic acids is 1. The fourth-order valence-corrected chi connectivity index (χ4v) is 2.06. The standard InChI is InChI=1S/C16H23NO4/c1-11(13-5-7-14(21-4)8-6-13)9-15(18)17(3)10-12(2)16(19)20/h5-8,11-12H,9-10H2,1-4H3,(H,19,20). The van der Waals surface area contributed by atoms with E-state index in [1.807, 2.05) is 31.2 Å². The van der Waals surface area contributed by atoms with Gasteiger partial charge in [-0.3, -0.25) is 9.59 Å². The average Bonchev–Trinajstić information content (AvgIpc) is 2.46. The van der Waals surface area contributed by atoms with Crippen molar-refractivity contribution in [3.8, 4) is 5.75 Å². The van der Waals surface area contributed by atoms with Gasteiger partial charge in [-0.15, -0.1) is 0 Å². The van der Waals surface area contributed by atoms with Crippen molar-refractivity contribution in [3.63, 3.8) is 0 Å². The molecule has 0 fully saturated rings. The van der Waals surface area contributed by atoms with Crippen LogP contribution in [0.5, 0.6) is 5.75 Å². The Hall–Kier alpha value is -2.04. The third-order valence-corrected chi connectivity index (χ3v) is 3.56. The van der Waals surface area contributed by atoms with Crippen LogP contribution in [0.15, 0.2) is 24.3 Å². The van der Waals surface area contributed by atoms with Crippen LogP contribution in [-0.4, -0.2) is 42.6 Å². The van der Waals surface area contributed by atoms with E-state index in [1.54, 1.807) is 21.1 Å². The van der Waals surface area contributed by atoms with E-state index in [2.05, 4.69) is 0 Å². The molecule has 0 aliphatic carbocycles. The minimum Gasteiger partial charge on any atom is -0.497 e. The molecular weight excluding hydrogens is 270 g/mol. The van der Waals surface area contributed by atoms with Crippen molar-refractivity contribution in [2.75, 3.05) is 20.7 Å². The highest BCUT2D eigenvalue weighted by Gasteiger charge is 2.19. The van der Waals surface area contributed by atoms with Gasteiger partial charge in [-0.05, 0) is 23.6 Å². The normalized spacial score (nSPS) is 13.3. The fourth-order valence-electron chi connectivity index (χ4n) is 2.06. The lowest BCUT2D eigenvalue weighted by atomic mass is 9.97. The predicted octanol–water partition coefficient (Wildman–Crippen LogP) is 2.37. The number of carboxylic acid groups (broad SMARTS) is 1. The van der Waals surface area contributed by atoms with Crippen LogP contribution >= 0.6 is 0 Å². The van der Waals surface area contributed by atoms with E-state index in [4.69, 9.17) is 9.84 Å². The fraction of sp³-hybridized carbons (Fsp3) is 0.500. The van der Waals surface area contributed by atoms with Crippen LogP contribution in [0, 0.1) is 5.92 Å². The topological polar surface area (TPSA) is 66.8 Å². The number of carbonyl (C=O) groups is 2. The summed E-state index contributed by atoms with van der Waals surface area (Å²) in [5.74, 6) is -0.643.